The molecule has 0 heterocycles. The third-order valence-corrected chi connectivity index (χ3v) is 5.70. The minimum Gasteiger partial charge on any atom is -0.295 e. The lowest BCUT2D eigenvalue weighted by molar-refractivity contribution is -0.118. The number of carbonyl (C=O) groups excluding carboxylic acids is 1. The fourth-order valence-electron chi connectivity index (χ4n) is 3.19. The van der Waals surface area contributed by atoms with Gasteiger partial charge in [-0.2, -0.15) is 13.2 Å². The highest BCUT2D eigenvalue weighted by Gasteiger charge is 2.55. The molecule has 20 heavy (non-hydrogen) atoms. The van der Waals surface area contributed by atoms with Gasteiger partial charge in [-0.1, -0.05) is 18.6 Å². The summed E-state index contributed by atoms with van der Waals surface area (Å²) in [5.41, 5.74) is -5.14. The molecule has 0 aromatic heterocycles. The number of hydrogen-bond donors (Lipinski definition) is 0. The van der Waals surface area contributed by atoms with Gasteiger partial charge in [-0.25, -0.2) is 8.42 Å². The number of hydrogen-bond acceptors (Lipinski definition) is 3. The van der Waals surface area contributed by atoms with Crippen LogP contribution in [0.15, 0.2) is 22.6 Å². The largest absolute Gasteiger partial charge is 0.501 e. The van der Waals surface area contributed by atoms with Gasteiger partial charge in [0.25, 0.3) is 9.84 Å². The predicted molar refractivity (Wildman–Crippen MR) is 67.3 cm³/mol. The van der Waals surface area contributed by atoms with E-state index in [-0.39, 0.29) is 12.8 Å². The zero-order valence-corrected chi connectivity index (χ0v) is 11.9. The molecule has 0 radical (unpaired) electrons. The second-order valence-corrected chi connectivity index (χ2v) is 7.75. The quantitative estimate of drug-likeness (QED) is 0.699. The highest BCUT2D eigenvalue weighted by atomic mass is 32.2. The van der Waals surface area contributed by atoms with Crippen LogP contribution in [0.4, 0.5) is 13.2 Å². The highest BCUT2D eigenvalue weighted by Crippen LogP contribution is 2.52. The van der Waals surface area contributed by atoms with Gasteiger partial charge in [-0.05, 0) is 31.3 Å². The van der Waals surface area contributed by atoms with Crippen LogP contribution < -0.4 is 0 Å². The van der Waals surface area contributed by atoms with E-state index < -0.39 is 37.4 Å². The van der Waals surface area contributed by atoms with Crippen molar-refractivity contribution in [3.05, 3.63) is 22.6 Å². The monoisotopic (exact) mass is 308 g/mol. The van der Waals surface area contributed by atoms with Crippen LogP contribution in [-0.2, 0) is 14.6 Å². The van der Waals surface area contributed by atoms with Gasteiger partial charge in [0.2, 0.25) is 0 Å². The van der Waals surface area contributed by atoms with E-state index in [4.69, 9.17) is 0 Å². The molecule has 2 rings (SSSR count). The maximum absolute atomic E-state index is 12.7. The molecule has 0 N–H and O–H groups in total. The Hall–Kier alpha value is -1.11. The molecular weight excluding hydrogens is 293 g/mol. The van der Waals surface area contributed by atoms with E-state index in [1.807, 2.05) is 6.92 Å². The number of ketones is 1. The predicted octanol–water partition coefficient (Wildman–Crippen LogP) is 3.14. The van der Waals surface area contributed by atoms with Crippen molar-refractivity contribution in [1.29, 1.82) is 0 Å². The number of allylic oxidation sites excluding steroid dienone is 4. The fourth-order valence-corrected chi connectivity index (χ4v) is 4.50. The first kappa shape index (κ1) is 15.3. The van der Waals surface area contributed by atoms with Gasteiger partial charge in [-0.15, -0.1) is 0 Å². The summed E-state index contributed by atoms with van der Waals surface area (Å²) in [4.78, 5) is 10.9. The van der Waals surface area contributed by atoms with Gasteiger partial charge < -0.3 is 0 Å². The molecule has 0 aromatic carbocycles. The summed E-state index contributed by atoms with van der Waals surface area (Å²) in [6.45, 7) is 3.52. The molecule has 2 atom stereocenters. The zero-order chi connectivity index (χ0) is 15.3. The van der Waals surface area contributed by atoms with Crippen LogP contribution in [0.25, 0.3) is 0 Å². The van der Waals surface area contributed by atoms with Crippen molar-refractivity contribution in [1.82, 2.24) is 0 Å². The molecule has 3 nitrogen and oxygen atoms in total. The summed E-state index contributed by atoms with van der Waals surface area (Å²) < 4.78 is 61.6. The summed E-state index contributed by atoms with van der Waals surface area (Å²) in [6.07, 6.45) is 3.16. The van der Waals surface area contributed by atoms with Gasteiger partial charge in [0, 0.05) is 12.3 Å². The number of halogens is 3. The molecule has 112 valence electrons. The van der Waals surface area contributed by atoms with Crippen molar-refractivity contribution in [2.75, 3.05) is 0 Å². The van der Waals surface area contributed by atoms with Crippen LogP contribution in [0.3, 0.4) is 0 Å². The third kappa shape index (κ3) is 2.32. The second-order valence-electron chi connectivity index (χ2n) is 5.81. The van der Waals surface area contributed by atoms with Gasteiger partial charge in [0.05, 0.1) is 4.91 Å². The Morgan fingerprint density at radius 2 is 1.90 bits per heavy atom. The summed E-state index contributed by atoms with van der Waals surface area (Å²) in [5.74, 6) is -1.34. The van der Waals surface area contributed by atoms with Gasteiger partial charge in [0.1, 0.15) is 0 Å². The molecular formula is C13H15F3O3S. The van der Waals surface area contributed by atoms with Gasteiger partial charge in [0.15, 0.2) is 5.78 Å². The lowest BCUT2D eigenvalue weighted by Crippen LogP contribution is -2.41. The summed E-state index contributed by atoms with van der Waals surface area (Å²) in [6, 6.07) is 0. The molecule has 0 aliphatic heterocycles. The summed E-state index contributed by atoms with van der Waals surface area (Å²) in [7, 11) is -5.45. The Kier molecular flexibility index (Phi) is 3.40. The maximum atomic E-state index is 12.7. The van der Waals surface area contributed by atoms with Crippen LogP contribution >= 0.6 is 0 Å². The smallest absolute Gasteiger partial charge is 0.295 e. The second kappa shape index (κ2) is 4.44. The minimum atomic E-state index is -5.45. The number of fused-ring (bicyclic) bond motifs is 1. The molecule has 0 bridgehead atoms. The van der Waals surface area contributed by atoms with E-state index in [0.29, 0.717) is 12.5 Å². The molecule has 2 aliphatic rings. The van der Waals surface area contributed by atoms with Crippen LogP contribution in [0.1, 0.15) is 33.1 Å². The Morgan fingerprint density at radius 1 is 1.30 bits per heavy atom. The topological polar surface area (TPSA) is 51.2 Å². The molecule has 0 saturated heterocycles. The lowest BCUT2D eigenvalue weighted by atomic mass is 9.63. The number of carbonyl (C=O) groups is 1. The Labute approximate surface area is 115 Å². The number of rotatable bonds is 1. The number of sulfone groups is 1. The maximum Gasteiger partial charge on any atom is 0.501 e. The lowest BCUT2D eigenvalue weighted by Gasteiger charge is -2.43. The van der Waals surface area contributed by atoms with Gasteiger partial charge in [-0.3, -0.25) is 4.79 Å². The van der Waals surface area contributed by atoms with Crippen LogP contribution in [0.5, 0.6) is 0 Å². The standard InChI is InChI=1S/C13H15F3O3S/c1-8-3-4-10-11(20(18,19)13(14,15)16)5-9(17)7-12(10,2)6-8/h3,5,10H,4,6-7H2,1-2H3/t10-,12+/m1/s1. The Morgan fingerprint density at radius 3 is 2.45 bits per heavy atom. The Bertz CT molecular complexity index is 613. The van der Waals surface area contributed by atoms with Crippen molar-refractivity contribution < 1.29 is 26.4 Å². The van der Waals surface area contributed by atoms with E-state index >= 15 is 0 Å². The summed E-state index contributed by atoms with van der Waals surface area (Å²) in [5, 5.41) is 0. The SMILES string of the molecule is CC1=CC[C@@H]2C(S(=O)(=O)C(F)(F)F)=CC(=O)C[C@]2(C)C1. The van der Waals surface area contributed by atoms with E-state index in [9.17, 15) is 26.4 Å². The van der Waals surface area contributed by atoms with Crippen LogP contribution in [-0.4, -0.2) is 19.7 Å². The zero-order valence-electron chi connectivity index (χ0n) is 11.1. The molecule has 7 heteroatoms. The van der Waals surface area contributed by atoms with Crippen molar-refractivity contribution in [2.45, 2.75) is 38.6 Å². The minimum absolute atomic E-state index is 0.0831. The molecule has 0 unspecified atom stereocenters. The highest BCUT2D eigenvalue weighted by molar-refractivity contribution is 7.96. The first-order chi connectivity index (χ1) is 8.97. The van der Waals surface area contributed by atoms with E-state index in [1.165, 1.54) is 0 Å². The average Bonchev–Trinajstić information content (AvgIpc) is 2.23. The molecule has 0 fully saturated rings. The molecule has 0 spiro atoms. The van der Waals surface area contributed by atoms with E-state index in [2.05, 4.69) is 0 Å². The molecule has 2 aliphatic carbocycles. The summed E-state index contributed by atoms with van der Waals surface area (Å²) >= 11 is 0. The molecule has 0 aromatic rings. The van der Waals surface area contributed by atoms with Crippen molar-refractivity contribution >= 4 is 15.6 Å². The average molecular weight is 308 g/mol. The number of alkyl halides is 3. The van der Waals surface area contributed by atoms with Crippen LogP contribution in [0, 0.1) is 11.3 Å². The van der Waals surface area contributed by atoms with Gasteiger partial charge >= 0.3 is 5.51 Å². The molecule has 0 saturated carbocycles. The molecule has 0 amide bonds. The van der Waals surface area contributed by atoms with E-state index in [1.54, 1.807) is 13.0 Å². The normalized spacial score (nSPS) is 31.4. The van der Waals surface area contributed by atoms with Crippen molar-refractivity contribution in [2.24, 2.45) is 11.3 Å². The van der Waals surface area contributed by atoms with E-state index in [0.717, 1.165) is 5.57 Å². The van der Waals surface area contributed by atoms with Crippen LogP contribution in [0.2, 0.25) is 0 Å². The first-order valence-corrected chi connectivity index (χ1v) is 7.67. The first-order valence-electron chi connectivity index (χ1n) is 6.19. The Balaban J connectivity index is 2.56. The third-order valence-electron chi connectivity index (χ3n) is 4.07. The fraction of sp³-hybridized carbons (Fsp3) is 0.615. The van der Waals surface area contributed by atoms with Crippen molar-refractivity contribution in [3.63, 3.8) is 0 Å². The van der Waals surface area contributed by atoms with Crippen molar-refractivity contribution in [3.8, 4) is 0 Å².